The molecule has 0 aromatic carbocycles. The molecular weight excluding hydrogens is 462 g/mol. The van der Waals surface area contributed by atoms with Gasteiger partial charge in [0.05, 0.1) is 10.4 Å². The van der Waals surface area contributed by atoms with Crippen molar-refractivity contribution < 1.29 is 14.4 Å². The molecule has 2 aromatic heterocycles. The number of thiazole rings is 1. The maximum Gasteiger partial charge on any atom is 0.246 e. The maximum atomic E-state index is 12.9. The molecule has 3 aliphatic rings. The van der Waals surface area contributed by atoms with Crippen LogP contribution >= 0.6 is 11.3 Å². The number of carbonyl (C=O) groups excluding carboxylic acids is 3. The molecule has 1 saturated heterocycles. The number of hydrogen-bond acceptors (Lipinski definition) is 6. The molecule has 3 aliphatic heterocycles. The van der Waals surface area contributed by atoms with Crippen molar-refractivity contribution in [2.75, 3.05) is 32.0 Å². The second-order valence-corrected chi connectivity index (χ2v) is 10.6. The van der Waals surface area contributed by atoms with E-state index in [4.69, 9.17) is 0 Å². The van der Waals surface area contributed by atoms with E-state index in [1.165, 1.54) is 5.57 Å². The number of likely N-dealkylation sites (tertiary alicyclic amines) is 1. The molecule has 35 heavy (non-hydrogen) atoms. The predicted octanol–water partition coefficient (Wildman–Crippen LogP) is 3.08. The zero-order valence-electron chi connectivity index (χ0n) is 19.8. The standard InChI is InChI=1S/C26H29N5O3S/c1-30-12-8-26(7-4-22(30)32)16-20-14-19(17-28-24(20)29-25(26)34)2-3-23(33)31-10-5-18(6-11-31)15-21-27-9-13-35-21/h2-3,5,9,13-14,17H,4,6-8,10-12,15-16H2,1H3,(H,28,29,34). The smallest absolute Gasteiger partial charge is 0.246 e. The van der Waals surface area contributed by atoms with Crippen LogP contribution in [-0.4, -0.2) is 64.2 Å². The number of amides is 3. The van der Waals surface area contributed by atoms with Crippen LogP contribution in [0.4, 0.5) is 5.82 Å². The highest BCUT2D eigenvalue weighted by Crippen LogP contribution is 2.41. The molecule has 0 aliphatic carbocycles. The maximum absolute atomic E-state index is 12.9. The average Bonchev–Trinajstić information content (AvgIpc) is 3.33. The minimum absolute atomic E-state index is 0.0256. The van der Waals surface area contributed by atoms with Gasteiger partial charge in [-0.1, -0.05) is 11.6 Å². The predicted molar refractivity (Wildman–Crippen MR) is 135 cm³/mol. The molecule has 1 unspecified atom stereocenters. The lowest BCUT2D eigenvalue weighted by molar-refractivity contribution is -0.129. The van der Waals surface area contributed by atoms with E-state index in [0.29, 0.717) is 51.1 Å². The van der Waals surface area contributed by atoms with Crippen molar-refractivity contribution in [3.8, 4) is 0 Å². The summed E-state index contributed by atoms with van der Waals surface area (Å²) in [6.07, 6.45) is 12.8. The lowest BCUT2D eigenvalue weighted by Gasteiger charge is -2.35. The van der Waals surface area contributed by atoms with Gasteiger partial charge < -0.3 is 15.1 Å². The highest BCUT2D eigenvalue weighted by molar-refractivity contribution is 7.09. The Balaban J connectivity index is 1.24. The largest absolute Gasteiger partial charge is 0.346 e. The van der Waals surface area contributed by atoms with Gasteiger partial charge in [0.1, 0.15) is 5.82 Å². The van der Waals surface area contributed by atoms with E-state index < -0.39 is 5.41 Å². The molecule has 8 nitrogen and oxygen atoms in total. The number of anilines is 1. The Bertz CT molecular complexity index is 1210. The van der Waals surface area contributed by atoms with Crippen LogP contribution in [0.5, 0.6) is 0 Å². The van der Waals surface area contributed by atoms with Crippen LogP contribution in [0.3, 0.4) is 0 Å². The summed E-state index contributed by atoms with van der Waals surface area (Å²) in [5.41, 5.74) is 2.50. The van der Waals surface area contributed by atoms with E-state index in [1.54, 1.807) is 41.6 Å². The molecule has 1 N–H and O–H groups in total. The Kier molecular flexibility index (Phi) is 6.51. The lowest BCUT2D eigenvalue weighted by Crippen LogP contribution is -2.42. The first-order chi connectivity index (χ1) is 16.9. The molecule has 182 valence electrons. The van der Waals surface area contributed by atoms with E-state index in [2.05, 4.69) is 21.4 Å². The average molecular weight is 492 g/mol. The number of hydrogen-bond donors (Lipinski definition) is 1. The second-order valence-electron chi connectivity index (χ2n) is 9.59. The topological polar surface area (TPSA) is 95.5 Å². The molecule has 0 saturated carbocycles. The molecular formula is C26H29N5O3S. The summed E-state index contributed by atoms with van der Waals surface area (Å²) < 4.78 is 0. The van der Waals surface area contributed by atoms with Gasteiger partial charge in [-0.05, 0) is 49.0 Å². The molecule has 3 amide bonds. The van der Waals surface area contributed by atoms with Crippen molar-refractivity contribution >= 4 is 41.0 Å². The van der Waals surface area contributed by atoms with Crippen LogP contribution in [0.25, 0.3) is 6.08 Å². The molecule has 1 spiro atoms. The number of pyridine rings is 1. The Morgan fingerprint density at radius 3 is 2.89 bits per heavy atom. The number of nitrogens with zero attached hydrogens (tertiary/aromatic N) is 4. The normalized spacial score (nSPS) is 22.7. The van der Waals surface area contributed by atoms with Gasteiger partial charge in [-0.25, -0.2) is 9.97 Å². The Morgan fingerprint density at radius 2 is 2.11 bits per heavy atom. The van der Waals surface area contributed by atoms with Crippen LogP contribution in [-0.2, 0) is 27.2 Å². The van der Waals surface area contributed by atoms with Crippen molar-refractivity contribution in [1.29, 1.82) is 0 Å². The summed E-state index contributed by atoms with van der Waals surface area (Å²) in [7, 11) is 1.79. The summed E-state index contributed by atoms with van der Waals surface area (Å²) in [5, 5.41) is 6.04. The molecule has 5 rings (SSSR count). The van der Waals surface area contributed by atoms with Crippen molar-refractivity contribution in [2.45, 2.75) is 38.5 Å². The molecule has 0 bridgehead atoms. The first-order valence-electron chi connectivity index (χ1n) is 12.0. The molecule has 1 atom stereocenters. The number of rotatable bonds is 4. The zero-order valence-corrected chi connectivity index (χ0v) is 20.6. The van der Waals surface area contributed by atoms with Gasteiger partial charge in [0.25, 0.3) is 0 Å². The zero-order chi connectivity index (χ0) is 24.4. The van der Waals surface area contributed by atoms with Crippen LogP contribution in [0.2, 0.25) is 0 Å². The second kappa shape index (κ2) is 9.73. The lowest BCUT2D eigenvalue weighted by atomic mass is 9.73. The summed E-state index contributed by atoms with van der Waals surface area (Å²) >= 11 is 1.66. The van der Waals surface area contributed by atoms with Crippen molar-refractivity contribution in [2.24, 2.45) is 5.41 Å². The van der Waals surface area contributed by atoms with Gasteiger partial charge >= 0.3 is 0 Å². The van der Waals surface area contributed by atoms with E-state index in [0.717, 1.165) is 29.0 Å². The van der Waals surface area contributed by atoms with Gasteiger partial charge in [0.15, 0.2) is 0 Å². The molecule has 0 radical (unpaired) electrons. The Hall–Kier alpha value is -3.33. The van der Waals surface area contributed by atoms with Gasteiger partial charge in [0.2, 0.25) is 17.7 Å². The highest BCUT2D eigenvalue weighted by Gasteiger charge is 2.44. The molecule has 5 heterocycles. The van der Waals surface area contributed by atoms with E-state index in [-0.39, 0.29) is 17.7 Å². The number of nitrogens with one attached hydrogen (secondary N) is 1. The van der Waals surface area contributed by atoms with Crippen LogP contribution < -0.4 is 5.32 Å². The summed E-state index contributed by atoms with van der Waals surface area (Å²) in [6, 6.07) is 1.99. The fourth-order valence-electron chi connectivity index (χ4n) is 5.00. The summed E-state index contributed by atoms with van der Waals surface area (Å²) in [6.45, 7) is 1.87. The molecule has 9 heteroatoms. The van der Waals surface area contributed by atoms with Crippen LogP contribution in [0.15, 0.2) is 41.6 Å². The van der Waals surface area contributed by atoms with E-state index in [1.807, 2.05) is 22.5 Å². The van der Waals surface area contributed by atoms with Crippen molar-refractivity contribution in [1.82, 2.24) is 19.8 Å². The van der Waals surface area contributed by atoms with Crippen LogP contribution in [0.1, 0.15) is 41.8 Å². The monoisotopic (exact) mass is 491 g/mol. The fraction of sp³-hybridized carbons (Fsp3) is 0.423. The Labute approximate surface area is 208 Å². The van der Waals surface area contributed by atoms with Gasteiger partial charge in [-0.15, -0.1) is 11.3 Å². The van der Waals surface area contributed by atoms with E-state index in [9.17, 15) is 14.4 Å². The number of carbonyl (C=O) groups is 3. The van der Waals surface area contributed by atoms with Crippen LogP contribution in [0, 0.1) is 5.41 Å². The Morgan fingerprint density at radius 1 is 1.23 bits per heavy atom. The summed E-state index contributed by atoms with van der Waals surface area (Å²) in [5.74, 6) is 0.576. The minimum atomic E-state index is -0.594. The minimum Gasteiger partial charge on any atom is -0.346 e. The first kappa shape index (κ1) is 23.4. The SMILES string of the molecule is CN1CCC2(CCC1=O)Cc1cc(C=CC(=O)N3CC=C(Cc4nccs4)CC3)cnc1NC2=O. The molecule has 2 aromatic rings. The van der Waals surface area contributed by atoms with Gasteiger partial charge in [-0.2, -0.15) is 0 Å². The molecule has 1 fully saturated rings. The first-order valence-corrected chi connectivity index (χ1v) is 12.9. The van der Waals surface area contributed by atoms with Crippen molar-refractivity contribution in [3.05, 3.63) is 57.7 Å². The third-order valence-corrected chi connectivity index (χ3v) is 8.07. The number of fused-ring (bicyclic) bond motifs is 1. The summed E-state index contributed by atoms with van der Waals surface area (Å²) in [4.78, 5) is 50.2. The highest BCUT2D eigenvalue weighted by atomic mass is 32.1. The van der Waals surface area contributed by atoms with Gasteiger partial charge in [-0.3, -0.25) is 14.4 Å². The van der Waals surface area contributed by atoms with Crippen molar-refractivity contribution in [3.63, 3.8) is 0 Å². The third kappa shape index (κ3) is 5.05. The fourth-order valence-corrected chi connectivity index (χ4v) is 5.67. The van der Waals surface area contributed by atoms with E-state index >= 15 is 0 Å². The third-order valence-electron chi connectivity index (χ3n) is 7.29. The quantitative estimate of drug-likeness (QED) is 0.524. The number of aromatic nitrogens is 2. The van der Waals surface area contributed by atoms with Gasteiger partial charge in [0, 0.05) is 63.4 Å².